The molecule has 0 aromatic heterocycles. The predicted octanol–water partition coefficient (Wildman–Crippen LogP) is -0.0835. The molecule has 6 heteroatoms. The van der Waals surface area contributed by atoms with Gasteiger partial charge in [0, 0.05) is 5.69 Å². The van der Waals surface area contributed by atoms with E-state index in [1.165, 1.54) is 7.11 Å². The van der Waals surface area contributed by atoms with E-state index < -0.39 is 0 Å². The van der Waals surface area contributed by atoms with Crippen LogP contribution in [-0.2, 0) is 4.74 Å². The normalized spacial score (nSPS) is 9.20. The molecule has 0 heterocycles. The average Bonchev–Trinajstić information content (AvgIpc) is 2.28. The molecule has 1 aromatic carbocycles. The van der Waals surface area contributed by atoms with Crippen molar-refractivity contribution in [2.45, 2.75) is 0 Å². The zero-order chi connectivity index (χ0) is 11.3. The summed E-state index contributed by atoms with van der Waals surface area (Å²) in [6.07, 6.45) is 0. The maximum absolute atomic E-state index is 11.2. The third-order valence-electron chi connectivity index (χ3n) is 1.70. The third kappa shape index (κ3) is 3.19. The molecule has 80 valence electrons. The minimum absolute atomic E-state index is 0.382. The van der Waals surface area contributed by atoms with Gasteiger partial charge in [-0.05, 0) is 30.4 Å². The van der Waals surface area contributed by atoms with E-state index in [2.05, 4.69) is 21.3 Å². The highest BCUT2D eigenvalue weighted by molar-refractivity contribution is 7.80. The molecule has 0 unspecified atom stereocenters. The Bertz CT molecular complexity index is 381. The highest BCUT2D eigenvalue weighted by Gasteiger charge is 2.05. The Morgan fingerprint density at radius 3 is 2.87 bits per heavy atom. The maximum Gasteiger partial charge on any atom is 0.337 e. The molecule has 15 heavy (non-hydrogen) atoms. The number of methoxy groups -OCH3 is 1. The number of rotatable bonds is 2. The van der Waals surface area contributed by atoms with Crippen LogP contribution in [0.5, 0.6) is 0 Å². The SMILES string of the molecule is COC(=O)c1cccc(NC(=S)N[NH3+])c1. The topological polar surface area (TPSA) is 78.0 Å². The van der Waals surface area contributed by atoms with Crippen molar-refractivity contribution < 1.29 is 15.4 Å². The molecule has 0 aliphatic rings. The first kappa shape index (κ1) is 11.4. The summed E-state index contributed by atoms with van der Waals surface area (Å²) in [5.41, 5.74) is 3.70. The maximum atomic E-state index is 11.2. The number of esters is 1. The predicted molar refractivity (Wildman–Crippen MR) is 60.0 cm³/mol. The summed E-state index contributed by atoms with van der Waals surface area (Å²) in [5.74, 6) is 3.03. The van der Waals surface area contributed by atoms with Gasteiger partial charge in [0.2, 0.25) is 5.11 Å². The van der Waals surface area contributed by atoms with E-state index >= 15 is 0 Å². The van der Waals surface area contributed by atoms with Crippen molar-refractivity contribution in [1.82, 2.24) is 5.43 Å². The lowest BCUT2D eigenvalue weighted by atomic mass is 10.2. The molecule has 0 saturated carbocycles. The van der Waals surface area contributed by atoms with Gasteiger partial charge >= 0.3 is 5.97 Å². The first-order valence-electron chi connectivity index (χ1n) is 4.20. The van der Waals surface area contributed by atoms with Crippen molar-refractivity contribution in [2.24, 2.45) is 0 Å². The fraction of sp³-hybridized carbons (Fsp3) is 0.111. The first-order valence-corrected chi connectivity index (χ1v) is 4.60. The van der Waals surface area contributed by atoms with Gasteiger partial charge in [-0.3, -0.25) is 5.84 Å². The second-order valence-electron chi connectivity index (χ2n) is 2.70. The lowest BCUT2D eigenvalue weighted by molar-refractivity contribution is -0.418. The smallest absolute Gasteiger partial charge is 0.337 e. The molecule has 1 rings (SSSR count). The van der Waals surface area contributed by atoms with Gasteiger partial charge in [-0.25, -0.2) is 10.2 Å². The summed E-state index contributed by atoms with van der Waals surface area (Å²) in [4.78, 5) is 11.2. The van der Waals surface area contributed by atoms with Crippen LogP contribution >= 0.6 is 12.2 Å². The molecule has 0 aliphatic carbocycles. The Balaban J connectivity index is 2.83. The summed E-state index contributed by atoms with van der Waals surface area (Å²) >= 11 is 4.87. The number of quaternary nitrogens is 1. The van der Waals surface area contributed by atoms with E-state index in [9.17, 15) is 4.79 Å². The van der Waals surface area contributed by atoms with Crippen molar-refractivity contribution >= 4 is 29.0 Å². The highest BCUT2D eigenvalue weighted by atomic mass is 32.1. The Hall–Kier alpha value is -1.66. The van der Waals surface area contributed by atoms with Crippen LogP contribution in [0.1, 0.15) is 10.4 Å². The second-order valence-corrected chi connectivity index (χ2v) is 3.11. The number of thiocarbonyl (C=S) groups is 1. The quantitative estimate of drug-likeness (QED) is 0.373. The van der Waals surface area contributed by atoms with Crippen molar-refractivity contribution in [3.05, 3.63) is 29.8 Å². The van der Waals surface area contributed by atoms with E-state index in [1.54, 1.807) is 24.3 Å². The number of carbonyl (C=O) groups excluding carboxylic acids is 1. The van der Waals surface area contributed by atoms with Gasteiger partial charge < -0.3 is 10.1 Å². The Morgan fingerprint density at radius 2 is 2.27 bits per heavy atom. The van der Waals surface area contributed by atoms with Crippen molar-refractivity contribution in [2.75, 3.05) is 12.4 Å². The van der Waals surface area contributed by atoms with Gasteiger partial charge in [-0.2, -0.15) is 0 Å². The number of anilines is 1. The third-order valence-corrected chi connectivity index (χ3v) is 1.95. The van der Waals surface area contributed by atoms with Gasteiger partial charge in [0.05, 0.1) is 12.7 Å². The molecular weight excluding hydrogens is 214 g/mol. The second kappa shape index (κ2) is 5.28. The molecule has 0 amide bonds. The monoisotopic (exact) mass is 226 g/mol. The van der Waals surface area contributed by atoms with Crippen LogP contribution < -0.4 is 16.6 Å². The van der Waals surface area contributed by atoms with Crippen LogP contribution in [0.4, 0.5) is 5.69 Å². The van der Waals surface area contributed by atoms with E-state index in [4.69, 9.17) is 12.2 Å². The van der Waals surface area contributed by atoms with Gasteiger partial charge in [-0.15, -0.1) is 0 Å². The average molecular weight is 226 g/mol. The number of hydrogen-bond acceptors (Lipinski definition) is 3. The van der Waals surface area contributed by atoms with Crippen LogP contribution in [0, 0.1) is 0 Å². The molecular formula is C9H12N3O2S+. The van der Waals surface area contributed by atoms with Gasteiger partial charge in [0.15, 0.2) is 0 Å². The molecule has 0 bridgehead atoms. The lowest BCUT2D eigenvalue weighted by Crippen LogP contribution is -2.68. The van der Waals surface area contributed by atoms with E-state index in [1.807, 2.05) is 0 Å². The molecule has 0 saturated heterocycles. The number of nitrogens with one attached hydrogen (secondary N) is 2. The Kier molecular flexibility index (Phi) is 4.02. The molecule has 5 nitrogen and oxygen atoms in total. The lowest BCUT2D eigenvalue weighted by Gasteiger charge is -2.06. The van der Waals surface area contributed by atoms with Crippen LogP contribution in [0.25, 0.3) is 0 Å². The first-order chi connectivity index (χ1) is 7.17. The number of ether oxygens (including phenoxy) is 1. The molecule has 5 N–H and O–H groups in total. The van der Waals surface area contributed by atoms with Gasteiger partial charge in [0.1, 0.15) is 0 Å². The molecule has 0 spiro atoms. The van der Waals surface area contributed by atoms with Crippen LogP contribution in [-0.4, -0.2) is 18.2 Å². The van der Waals surface area contributed by atoms with Gasteiger partial charge in [0.25, 0.3) is 0 Å². The molecule has 0 aliphatic heterocycles. The molecule has 0 atom stereocenters. The van der Waals surface area contributed by atoms with Crippen molar-refractivity contribution in [3.8, 4) is 0 Å². The molecule has 0 radical (unpaired) electrons. The molecule has 1 aromatic rings. The largest absolute Gasteiger partial charge is 0.465 e. The zero-order valence-electron chi connectivity index (χ0n) is 8.24. The summed E-state index contributed by atoms with van der Waals surface area (Å²) in [5, 5.41) is 3.25. The number of hydrogen-bond donors (Lipinski definition) is 3. The summed E-state index contributed by atoms with van der Waals surface area (Å²) in [6.45, 7) is 0. The fourth-order valence-corrected chi connectivity index (χ4v) is 1.13. The summed E-state index contributed by atoms with van der Waals surface area (Å²) in [7, 11) is 1.34. The minimum Gasteiger partial charge on any atom is -0.465 e. The standard InChI is InChI=1S/C9H11N3O2S/c1-14-8(13)6-3-2-4-7(5-6)11-9(15)12-10/h2-5H,10H2,1H3,(H2,11,12,15)/p+1. The number of benzene rings is 1. The van der Waals surface area contributed by atoms with Crippen LogP contribution in [0.15, 0.2) is 24.3 Å². The summed E-state index contributed by atoms with van der Waals surface area (Å²) in [6, 6.07) is 6.84. The number of carbonyl (C=O) groups is 1. The van der Waals surface area contributed by atoms with E-state index in [0.29, 0.717) is 16.4 Å². The van der Waals surface area contributed by atoms with Crippen LogP contribution in [0.3, 0.4) is 0 Å². The minimum atomic E-state index is -0.382. The Labute approximate surface area is 92.6 Å². The molecule has 0 fully saturated rings. The Morgan fingerprint density at radius 1 is 1.53 bits per heavy atom. The van der Waals surface area contributed by atoms with Crippen molar-refractivity contribution in [3.63, 3.8) is 0 Å². The fourth-order valence-electron chi connectivity index (χ4n) is 1.02. The van der Waals surface area contributed by atoms with Gasteiger partial charge in [-0.1, -0.05) is 6.07 Å². The van der Waals surface area contributed by atoms with Crippen LogP contribution in [0.2, 0.25) is 0 Å². The van der Waals surface area contributed by atoms with E-state index in [-0.39, 0.29) is 5.97 Å². The highest BCUT2D eigenvalue weighted by Crippen LogP contribution is 2.11. The summed E-state index contributed by atoms with van der Waals surface area (Å²) < 4.78 is 4.60. The van der Waals surface area contributed by atoms with E-state index in [0.717, 1.165) is 0 Å². The van der Waals surface area contributed by atoms with Crippen molar-refractivity contribution in [1.29, 1.82) is 0 Å². The zero-order valence-corrected chi connectivity index (χ0v) is 9.06.